The van der Waals surface area contributed by atoms with E-state index in [1.807, 2.05) is 4.90 Å². The topological polar surface area (TPSA) is 101 Å². The average Bonchev–Trinajstić information content (AvgIpc) is 3.28. The van der Waals surface area contributed by atoms with Crippen LogP contribution < -0.4 is 10.9 Å². The maximum atomic E-state index is 15.8. The number of carbonyl (C=O) groups is 2. The van der Waals surface area contributed by atoms with Crippen LogP contribution in [0.4, 0.5) is 22.0 Å². The van der Waals surface area contributed by atoms with Crippen molar-refractivity contribution in [2.75, 3.05) is 32.8 Å². The zero-order valence-corrected chi connectivity index (χ0v) is 28.9. The SMILES string of the molecule is Cc1cc(-c2c(C)cc(F)cc2C)cc([C@H](CC(=O)O)NC(=O)[C@H](CC(C)C)n2cc(CCN3CCCOCC3)c(C(F)(F)F)cc2=O)c1F. The van der Waals surface area contributed by atoms with E-state index in [1.165, 1.54) is 25.1 Å². The van der Waals surface area contributed by atoms with Crippen molar-refractivity contribution in [2.24, 2.45) is 5.92 Å². The van der Waals surface area contributed by atoms with Crippen molar-refractivity contribution in [3.05, 3.63) is 91.9 Å². The van der Waals surface area contributed by atoms with Crippen LogP contribution in [0.2, 0.25) is 0 Å². The van der Waals surface area contributed by atoms with Gasteiger partial charge in [-0.3, -0.25) is 14.4 Å². The number of benzene rings is 2. The summed E-state index contributed by atoms with van der Waals surface area (Å²) in [6.45, 7) is 10.9. The molecule has 0 radical (unpaired) electrons. The zero-order chi connectivity index (χ0) is 36.9. The van der Waals surface area contributed by atoms with Crippen LogP contribution in [0.25, 0.3) is 11.1 Å². The molecule has 0 aliphatic carbocycles. The molecule has 0 unspecified atom stereocenters. The largest absolute Gasteiger partial charge is 0.481 e. The Hall–Kier alpha value is -4.10. The van der Waals surface area contributed by atoms with E-state index in [4.69, 9.17) is 4.74 Å². The molecule has 2 heterocycles. The number of aryl methyl sites for hydroxylation is 3. The first-order valence-corrected chi connectivity index (χ1v) is 16.7. The molecule has 1 fully saturated rings. The Morgan fingerprint density at radius 2 is 1.66 bits per heavy atom. The van der Waals surface area contributed by atoms with Crippen LogP contribution in [0, 0.1) is 38.3 Å². The number of hydrogen-bond donors (Lipinski definition) is 2. The molecule has 3 aromatic rings. The number of carboxylic acids is 1. The fraction of sp³-hybridized carbons (Fsp3) is 0.486. The summed E-state index contributed by atoms with van der Waals surface area (Å²) < 4.78 is 78.8. The lowest BCUT2D eigenvalue weighted by atomic mass is 9.90. The van der Waals surface area contributed by atoms with E-state index in [-0.39, 0.29) is 42.0 Å². The normalized spacial score (nSPS) is 15.5. The van der Waals surface area contributed by atoms with E-state index in [9.17, 15) is 37.1 Å². The minimum atomic E-state index is -4.82. The van der Waals surface area contributed by atoms with Gasteiger partial charge < -0.3 is 24.6 Å². The van der Waals surface area contributed by atoms with Gasteiger partial charge in [0.2, 0.25) is 5.91 Å². The fourth-order valence-corrected chi connectivity index (χ4v) is 6.63. The van der Waals surface area contributed by atoms with Crippen LogP contribution in [0.5, 0.6) is 0 Å². The standard InChI is InChI=1S/C37H44F5N3O5/c1-21(2)13-31(45-20-25(29(18-32(45)46)37(40,41)42)7-9-44-8-6-11-50-12-10-44)36(49)43-30(19-33(47)48)28-17-26(14-24(5)35(28)39)34-22(3)15-27(38)16-23(34)4/h14-18,20-21,30-31H,6-13,19H2,1-5H3,(H,43,49)(H,47,48)/t30-,31-/m0/s1. The van der Waals surface area contributed by atoms with Crippen molar-refractivity contribution in [3.63, 3.8) is 0 Å². The Morgan fingerprint density at radius 3 is 2.28 bits per heavy atom. The van der Waals surface area contributed by atoms with E-state index < -0.39 is 59.3 Å². The molecule has 1 aliphatic heterocycles. The number of aromatic nitrogens is 1. The number of ether oxygens (including phenoxy) is 1. The Bertz CT molecular complexity index is 1740. The summed E-state index contributed by atoms with van der Waals surface area (Å²) in [5.41, 5.74) is -0.0434. The molecule has 50 heavy (non-hydrogen) atoms. The van der Waals surface area contributed by atoms with E-state index in [0.717, 1.165) is 17.2 Å². The number of rotatable bonds is 12. The van der Waals surface area contributed by atoms with Crippen molar-refractivity contribution in [1.82, 2.24) is 14.8 Å². The molecule has 0 spiro atoms. The summed E-state index contributed by atoms with van der Waals surface area (Å²) in [4.78, 5) is 41.4. The predicted octanol–water partition coefficient (Wildman–Crippen LogP) is 6.92. The lowest BCUT2D eigenvalue weighted by Gasteiger charge is -2.27. The molecular formula is C37H44F5N3O5. The van der Waals surface area contributed by atoms with E-state index >= 15 is 4.39 Å². The minimum absolute atomic E-state index is 0.0231. The van der Waals surface area contributed by atoms with Crippen LogP contribution in [0.15, 0.2) is 41.3 Å². The van der Waals surface area contributed by atoms with Crippen molar-refractivity contribution >= 4 is 11.9 Å². The molecular weight excluding hydrogens is 661 g/mol. The average molecular weight is 706 g/mol. The number of halogens is 5. The molecule has 2 N–H and O–H groups in total. The first kappa shape index (κ1) is 38.7. The van der Waals surface area contributed by atoms with Gasteiger partial charge in [-0.25, -0.2) is 8.78 Å². The number of aliphatic carboxylic acids is 1. The molecule has 1 aromatic heterocycles. The summed E-state index contributed by atoms with van der Waals surface area (Å²) in [5, 5.41) is 12.4. The van der Waals surface area contributed by atoms with Gasteiger partial charge >= 0.3 is 12.1 Å². The lowest BCUT2D eigenvalue weighted by Crippen LogP contribution is -2.41. The van der Waals surface area contributed by atoms with Crippen molar-refractivity contribution < 1.29 is 41.4 Å². The van der Waals surface area contributed by atoms with Gasteiger partial charge in [0.15, 0.2) is 0 Å². The molecule has 1 amide bonds. The molecule has 4 rings (SSSR count). The summed E-state index contributed by atoms with van der Waals surface area (Å²) in [5.74, 6) is -3.62. The third kappa shape index (κ3) is 9.57. The Balaban J connectivity index is 1.76. The Morgan fingerprint density at radius 1 is 0.980 bits per heavy atom. The molecule has 8 nitrogen and oxygen atoms in total. The maximum Gasteiger partial charge on any atom is 0.416 e. The maximum absolute atomic E-state index is 15.8. The monoisotopic (exact) mass is 705 g/mol. The van der Waals surface area contributed by atoms with Gasteiger partial charge in [0.1, 0.15) is 17.7 Å². The van der Waals surface area contributed by atoms with E-state index in [2.05, 4.69) is 5.32 Å². The zero-order valence-electron chi connectivity index (χ0n) is 28.9. The Kier molecular flexibility index (Phi) is 12.6. The molecule has 1 saturated heterocycles. The highest BCUT2D eigenvalue weighted by Gasteiger charge is 2.36. The number of carboxylic acid groups (broad SMARTS) is 1. The Labute approximate surface area is 288 Å². The van der Waals surface area contributed by atoms with Crippen molar-refractivity contribution in [2.45, 2.75) is 78.6 Å². The predicted molar refractivity (Wildman–Crippen MR) is 179 cm³/mol. The van der Waals surface area contributed by atoms with Gasteiger partial charge in [-0.2, -0.15) is 13.2 Å². The van der Waals surface area contributed by atoms with Gasteiger partial charge in [0.05, 0.1) is 24.6 Å². The molecule has 13 heteroatoms. The minimum Gasteiger partial charge on any atom is -0.481 e. The van der Waals surface area contributed by atoms with Gasteiger partial charge in [-0.1, -0.05) is 13.8 Å². The smallest absolute Gasteiger partial charge is 0.416 e. The van der Waals surface area contributed by atoms with Crippen LogP contribution in [-0.4, -0.2) is 59.3 Å². The molecule has 0 bridgehead atoms. The summed E-state index contributed by atoms with van der Waals surface area (Å²) in [6.07, 6.45) is -3.77. The first-order chi connectivity index (χ1) is 23.5. The summed E-state index contributed by atoms with van der Waals surface area (Å²) in [6, 6.07) is 3.37. The highest BCUT2D eigenvalue weighted by atomic mass is 19.4. The van der Waals surface area contributed by atoms with Crippen molar-refractivity contribution in [3.8, 4) is 11.1 Å². The van der Waals surface area contributed by atoms with Crippen LogP contribution in [0.3, 0.4) is 0 Å². The number of carbonyl (C=O) groups excluding carboxylic acids is 1. The first-order valence-electron chi connectivity index (χ1n) is 16.7. The fourth-order valence-electron chi connectivity index (χ4n) is 6.63. The molecule has 272 valence electrons. The molecule has 2 aromatic carbocycles. The summed E-state index contributed by atoms with van der Waals surface area (Å²) in [7, 11) is 0. The highest BCUT2D eigenvalue weighted by Crippen LogP contribution is 2.35. The second-order valence-electron chi connectivity index (χ2n) is 13.4. The lowest BCUT2D eigenvalue weighted by molar-refractivity contribution is -0.139. The summed E-state index contributed by atoms with van der Waals surface area (Å²) >= 11 is 0. The third-order valence-electron chi connectivity index (χ3n) is 8.95. The van der Waals surface area contributed by atoms with Crippen LogP contribution in [0.1, 0.15) is 78.6 Å². The van der Waals surface area contributed by atoms with Crippen molar-refractivity contribution in [1.29, 1.82) is 0 Å². The van der Waals surface area contributed by atoms with Gasteiger partial charge in [-0.05, 0) is 104 Å². The van der Waals surface area contributed by atoms with Crippen LogP contribution >= 0.6 is 0 Å². The second kappa shape index (κ2) is 16.3. The van der Waals surface area contributed by atoms with Gasteiger partial charge in [-0.15, -0.1) is 0 Å². The number of hydrogen-bond acceptors (Lipinski definition) is 5. The number of nitrogens with one attached hydrogen (secondary N) is 1. The van der Waals surface area contributed by atoms with Crippen LogP contribution in [-0.2, 0) is 26.9 Å². The molecule has 2 atom stereocenters. The number of pyridine rings is 1. The number of amides is 1. The van der Waals surface area contributed by atoms with Gasteiger partial charge in [0, 0.05) is 44.1 Å². The number of nitrogens with zero attached hydrogens (tertiary/aromatic N) is 2. The van der Waals surface area contributed by atoms with Gasteiger partial charge in [0.25, 0.3) is 5.56 Å². The number of alkyl halides is 3. The third-order valence-corrected chi connectivity index (χ3v) is 8.95. The quantitative estimate of drug-likeness (QED) is 0.199. The molecule has 1 aliphatic rings. The second-order valence-corrected chi connectivity index (χ2v) is 13.4. The van der Waals surface area contributed by atoms with E-state index in [0.29, 0.717) is 54.6 Å². The molecule has 0 saturated carbocycles. The van der Waals surface area contributed by atoms with E-state index in [1.54, 1.807) is 33.8 Å². The highest BCUT2D eigenvalue weighted by molar-refractivity contribution is 5.82.